The number of hydrogen-bond acceptors (Lipinski definition) is 2. The molecule has 0 bridgehead atoms. The molecule has 1 aromatic carbocycles. The predicted octanol–water partition coefficient (Wildman–Crippen LogP) is 1.38. The summed E-state index contributed by atoms with van der Waals surface area (Å²) in [7, 11) is 1.76. The highest BCUT2D eigenvalue weighted by molar-refractivity contribution is 5.47. The number of methoxy groups -OCH3 is 1. The molecule has 0 saturated carbocycles. The van der Waals surface area contributed by atoms with E-state index in [-0.39, 0.29) is 0 Å². The van der Waals surface area contributed by atoms with Crippen LogP contribution in [0.3, 0.4) is 0 Å². The monoisotopic (exact) mass is 163 g/mol. The molecule has 0 aliphatic heterocycles. The standard InChI is InChI=1S/C10H13NO/c1-12-10-5-7-2-3-9(11)4-8(7)6-10/h2-4,10H,5-6,11H2,1H3/t10-/m1/s1. The Balaban J connectivity index is 2.30. The fraction of sp³-hybridized carbons (Fsp3) is 0.400. The number of benzene rings is 1. The van der Waals surface area contributed by atoms with E-state index in [1.807, 2.05) is 12.1 Å². The molecule has 64 valence electrons. The average molecular weight is 163 g/mol. The molecule has 1 aromatic rings. The fourth-order valence-electron chi connectivity index (χ4n) is 1.76. The molecule has 2 rings (SSSR count). The van der Waals surface area contributed by atoms with Crippen LogP contribution in [-0.4, -0.2) is 13.2 Å². The van der Waals surface area contributed by atoms with Gasteiger partial charge in [-0.15, -0.1) is 0 Å². The molecule has 1 aliphatic carbocycles. The van der Waals surface area contributed by atoms with E-state index in [4.69, 9.17) is 10.5 Å². The highest BCUT2D eigenvalue weighted by Gasteiger charge is 2.20. The molecule has 0 spiro atoms. The van der Waals surface area contributed by atoms with Gasteiger partial charge in [0.05, 0.1) is 6.10 Å². The van der Waals surface area contributed by atoms with E-state index in [9.17, 15) is 0 Å². The molecular weight excluding hydrogens is 150 g/mol. The van der Waals surface area contributed by atoms with Crippen LogP contribution in [0, 0.1) is 0 Å². The molecule has 2 N–H and O–H groups in total. The van der Waals surface area contributed by atoms with Gasteiger partial charge in [0.25, 0.3) is 0 Å². The lowest BCUT2D eigenvalue weighted by atomic mass is 10.1. The summed E-state index contributed by atoms with van der Waals surface area (Å²) in [5.41, 5.74) is 9.26. The third-order valence-electron chi connectivity index (χ3n) is 2.46. The first-order valence-electron chi connectivity index (χ1n) is 4.19. The van der Waals surface area contributed by atoms with Gasteiger partial charge in [-0.05, 0) is 36.1 Å². The molecule has 0 aromatic heterocycles. The minimum absolute atomic E-state index is 0.363. The Morgan fingerprint density at radius 2 is 2.08 bits per heavy atom. The Morgan fingerprint density at radius 1 is 1.33 bits per heavy atom. The minimum atomic E-state index is 0.363. The highest BCUT2D eigenvalue weighted by Crippen LogP contribution is 2.25. The smallest absolute Gasteiger partial charge is 0.0652 e. The van der Waals surface area contributed by atoms with E-state index >= 15 is 0 Å². The third-order valence-corrected chi connectivity index (χ3v) is 2.46. The van der Waals surface area contributed by atoms with Crippen molar-refractivity contribution >= 4 is 5.69 Å². The highest BCUT2D eigenvalue weighted by atomic mass is 16.5. The van der Waals surface area contributed by atoms with Crippen LogP contribution >= 0.6 is 0 Å². The maximum atomic E-state index is 5.68. The Kier molecular flexibility index (Phi) is 1.77. The van der Waals surface area contributed by atoms with Crippen molar-refractivity contribution in [3.05, 3.63) is 29.3 Å². The van der Waals surface area contributed by atoms with Crippen LogP contribution in [0.1, 0.15) is 11.1 Å². The second kappa shape index (κ2) is 2.79. The van der Waals surface area contributed by atoms with E-state index in [2.05, 4.69) is 6.07 Å². The van der Waals surface area contributed by atoms with Crippen molar-refractivity contribution in [1.29, 1.82) is 0 Å². The SMILES string of the molecule is CO[C@@H]1Cc2ccc(N)cc2C1. The fourth-order valence-corrected chi connectivity index (χ4v) is 1.76. The first-order valence-corrected chi connectivity index (χ1v) is 4.19. The van der Waals surface area contributed by atoms with Gasteiger partial charge in [0.15, 0.2) is 0 Å². The third kappa shape index (κ3) is 1.18. The van der Waals surface area contributed by atoms with Crippen LogP contribution < -0.4 is 5.73 Å². The summed E-state index contributed by atoms with van der Waals surface area (Å²) in [4.78, 5) is 0. The first-order chi connectivity index (χ1) is 5.79. The first kappa shape index (κ1) is 7.62. The largest absolute Gasteiger partial charge is 0.399 e. The zero-order valence-corrected chi connectivity index (χ0v) is 7.21. The second-order valence-electron chi connectivity index (χ2n) is 3.29. The minimum Gasteiger partial charge on any atom is -0.399 e. The number of rotatable bonds is 1. The summed E-state index contributed by atoms with van der Waals surface area (Å²) in [6, 6.07) is 6.11. The molecule has 12 heavy (non-hydrogen) atoms. The summed E-state index contributed by atoms with van der Waals surface area (Å²) >= 11 is 0. The molecule has 0 amide bonds. The van der Waals surface area contributed by atoms with Crippen LogP contribution in [0.2, 0.25) is 0 Å². The molecule has 2 nitrogen and oxygen atoms in total. The Morgan fingerprint density at radius 3 is 2.83 bits per heavy atom. The van der Waals surface area contributed by atoms with E-state index in [0.717, 1.165) is 18.5 Å². The quantitative estimate of drug-likeness (QED) is 0.635. The molecule has 1 atom stereocenters. The number of nitrogens with two attached hydrogens (primary N) is 1. The van der Waals surface area contributed by atoms with E-state index in [1.165, 1.54) is 11.1 Å². The van der Waals surface area contributed by atoms with Gasteiger partial charge in [-0.1, -0.05) is 6.07 Å². The van der Waals surface area contributed by atoms with Gasteiger partial charge < -0.3 is 10.5 Å². The molecule has 0 fully saturated rings. The molecule has 0 saturated heterocycles. The summed E-state index contributed by atoms with van der Waals surface area (Å²) in [5.74, 6) is 0. The van der Waals surface area contributed by atoms with Gasteiger partial charge in [-0.2, -0.15) is 0 Å². The molecule has 0 heterocycles. The Hall–Kier alpha value is -1.02. The van der Waals surface area contributed by atoms with E-state index in [0.29, 0.717) is 6.10 Å². The van der Waals surface area contributed by atoms with Gasteiger partial charge in [0.2, 0.25) is 0 Å². The topological polar surface area (TPSA) is 35.2 Å². The van der Waals surface area contributed by atoms with E-state index in [1.54, 1.807) is 7.11 Å². The van der Waals surface area contributed by atoms with Gasteiger partial charge in [0.1, 0.15) is 0 Å². The number of nitrogen functional groups attached to an aromatic ring is 1. The van der Waals surface area contributed by atoms with Gasteiger partial charge in [-0.25, -0.2) is 0 Å². The van der Waals surface area contributed by atoms with Crippen molar-refractivity contribution in [1.82, 2.24) is 0 Å². The second-order valence-corrected chi connectivity index (χ2v) is 3.29. The van der Waals surface area contributed by atoms with Crippen LogP contribution in [0.25, 0.3) is 0 Å². The van der Waals surface area contributed by atoms with Crippen LogP contribution in [0.4, 0.5) is 5.69 Å². The Labute approximate surface area is 72.3 Å². The van der Waals surface area contributed by atoms with Crippen molar-refractivity contribution in [3.8, 4) is 0 Å². The van der Waals surface area contributed by atoms with Crippen molar-refractivity contribution in [2.24, 2.45) is 0 Å². The molecule has 2 heteroatoms. The van der Waals surface area contributed by atoms with Gasteiger partial charge in [0, 0.05) is 12.8 Å². The molecule has 1 aliphatic rings. The zero-order chi connectivity index (χ0) is 8.55. The predicted molar refractivity (Wildman–Crippen MR) is 49.1 cm³/mol. The number of anilines is 1. The Bertz CT molecular complexity index is 296. The molecular formula is C10H13NO. The van der Waals surface area contributed by atoms with Crippen molar-refractivity contribution in [2.75, 3.05) is 12.8 Å². The molecule has 0 unspecified atom stereocenters. The number of ether oxygens (including phenoxy) is 1. The van der Waals surface area contributed by atoms with Crippen molar-refractivity contribution in [3.63, 3.8) is 0 Å². The van der Waals surface area contributed by atoms with Crippen LogP contribution in [0.5, 0.6) is 0 Å². The van der Waals surface area contributed by atoms with Gasteiger partial charge in [-0.3, -0.25) is 0 Å². The number of hydrogen-bond donors (Lipinski definition) is 1. The lowest BCUT2D eigenvalue weighted by Crippen LogP contribution is -2.08. The maximum Gasteiger partial charge on any atom is 0.0652 e. The zero-order valence-electron chi connectivity index (χ0n) is 7.21. The summed E-state index contributed by atoms with van der Waals surface area (Å²) < 4.78 is 5.29. The lowest BCUT2D eigenvalue weighted by Gasteiger charge is -2.03. The normalized spacial score (nSPS) is 20.9. The average Bonchev–Trinajstić information content (AvgIpc) is 2.46. The van der Waals surface area contributed by atoms with Crippen LogP contribution in [-0.2, 0) is 17.6 Å². The van der Waals surface area contributed by atoms with Crippen molar-refractivity contribution < 1.29 is 4.74 Å². The number of fused-ring (bicyclic) bond motifs is 1. The van der Waals surface area contributed by atoms with Crippen LogP contribution in [0.15, 0.2) is 18.2 Å². The maximum absolute atomic E-state index is 5.68. The lowest BCUT2D eigenvalue weighted by molar-refractivity contribution is 0.112. The summed E-state index contributed by atoms with van der Waals surface area (Å²) in [6.45, 7) is 0. The summed E-state index contributed by atoms with van der Waals surface area (Å²) in [5, 5.41) is 0. The van der Waals surface area contributed by atoms with E-state index < -0.39 is 0 Å². The molecule has 0 radical (unpaired) electrons. The van der Waals surface area contributed by atoms with Gasteiger partial charge >= 0.3 is 0 Å². The van der Waals surface area contributed by atoms with Crippen molar-refractivity contribution in [2.45, 2.75) is 18.9 Å². The summed E-state index contributed by atoms with van der Waals surface area (Å²) in [6.07, 6.45) is 2.41.